The van der Waals surface area contributed by atoms with Crippen LogP contribution < -0.4 is 0 Å². The summed E-state index contributed by atoms with van der Waals surface area (Å²) < 4.78 is 4.90. The number of alkyl halides is 1. The third kappa shape index (κ3) is 5.03. The number of esters is 1. The molecule has 76 valence electrons. The highest BCUT2D eigenvalue weighted by Crippen LogP contribution is 2.11. The lowest BCUT2D eigenvalue weighted by Gasteiger charge is -2.19. The van der Waals surface area contributed by atoms with Crippen LogP contribution in [0.15, 0.2) is 0 Å². The molecule has 0 aromatic carbocycles. The summed E-state index contributed by atoms with van der Waals surface area (Å²) in [5, 5.41) is 0. The number of hydrogen-bond donors (Lipinski definition) is 0. The Kier molecular flexibility index (Phi) is 4.61. The van der Waals surface area contributed by atoms with Gasteiger partial charge in [0.15, 0.2) is 0 Å². The van der Waals surface area contributed by atoms with Crippen LogP contribution in [0.3, 0.4) is 0 Å². The van der Waals surface area contributed by atoms with Crippen molar-refractivity contribution in [1.29, 1.82) is 0 Å². The molecule has 0 unspecified atom stereocenters. The molecule has 0 bridgehead atoms. The van der Waals surface area contributed by atoms with E-state index in [0.29, 0.717) is 6.42 Å². The van der Waals surface area contributed by atoms with Gasteiger partial charge in [0.05, 0.1) is 4.83 Å². The van der Waals surface area contributed by atoms with E-state index in [0.717, 1.165) is 0 Å². The van der Waals surface area contributed by atoms with Crippen LogP contribution in [0.25, 0.3) is 0 Å². The molecule has 0 fully saturated rings. The van der Waals surface area contributed by atoms with E-state index in [9.17, 15) is 9.59 Å². The molecule has 0 aromatic heterocycles. The normalized spacial score (nSPS) is 13.6. The lowest BCUT2D eigenvalue weighted by Crippen LogP contribution is -2.32. The van der Waals surface area contributed by atoms with Crippen LogP contribution in [0, 0.1) is 0 Å². The third-order valence-electron chi connectivity index (χ3n) is 1.24. The van der Waals surface area contributed by atoms with Crippen molar-refractivity contribution >= 4 is 27.7 Å². The topological polar surface area (TPSA) is 43.4 Å². The fraction of sp³-hybridized carbons (Fsp3) is 0.778. The van der Waals surface area contributed by atoms with Gasteiger partial charge in [-0.1, -0.05) is 22.9 Å². The molecule has 4 heteroatoms. The average Bonchev–Trinajstić information content (AvgIpc) is 1.98. The summed E-state index contributed by atoms with van der Waals surface area (Å²) in [5.74, 6) is -1.28. The Balaban J connectivity index is 4.21. The Morgan fingerprint density at radius 1 is 1.38 bits per heavy atom. The Morgan fingerprint density at radius 3 is 2.15 bits per heavy atom. The summed E-state index contributed by atoms with van der Waals surface area (Å²) in [5.41, 5.74) is -0.604. The number of ketones is 1. The van der Waals surface area contributed by atoms with Gasteiger partial charge in [-0.05, 0) is 27.2 Å². The number of halogens is 1. The van der Waals surface area contributed by atoms with Crippen LogP contribution in [0.2, 0.25) is 0 Å². The molecule has 0 spiro atoms. The van der Waals surface area contributed by atoms with Crippen molar-refractivity contribution in [3.05, 3.63) is 0 Å². The third-order valence-corrected chi connectivity index (χ3v) is 2.31. The summed E-state index contributed by atoms with van der Waals surface area (Å²) in [6, 6.07) is 0. The molecule has 0 aliphatic heterocycles. The molecular weight excluding hydrogens is 236 g/mol. The summed E-state index contributed by atoms with van der Waals surface area (Å²) in [7, 11) is 0. The molecule has 0 aliphatic rings. The molecular formula is C9H15BrO3. The molecule has 0 aliphatic carbocycles. The van der Waals surface area contributed by atoms with Crippen LogP contribution >= 0.6 is 15.9 Å². The fourth-order valence-electron chi connectivity index (χ4n) is 0.642. The Bertz CT molecular complexity index is 205. The maximum absolute atomic E-state index is 11.2. The minimum absolute atomic E-state index is 0.428. The van der Waals surface area contributed by atoms with Crippen molar-refractivity contribution in [2.75, 3.05) is 0 Å². The van der Waals surface area contributed by atoms with E-state index in [-0.39, 0.29) is 0 Å². The lowest BCUT2D eigenvalue weighted by atomic mass is 10.2. The molecule has 0 heterocycles. The number of carbonyl (C=O) groups excluding carboxylic acids is 2. The second-order valence-corrected chi connectivity index (χ2v) is 4.85. The highest BCUT2D eigenvalue weighted by Gasteiger charge is 2.26. The predicted octanol–water partition coefficient (Wildman–Crippen LogP) is 2.07. The molecule has 0 amide bonds. The maximum atomic E-state index is 11.2. The number of hydrogen-bond acceptors (Lipinski definition) is 3. The van der Waals surface area contributed by atoms with Crippen LogP contribution in [0.1, 0.15) is 34.1 Å². The Labute approximate surface area is 87.0 Å². The van der Waals surface area contributed by atoms with E-state index in [1.807, 2.05) is 6.92 Å². The fourth-order valence-corrected chi connectivity index (χ4v) is 0.829. The van der Waals surface area contributed by atoms with E-state index in [1.165, 1.54) is 0 Å². The molecule has 1 atom stereocenters. The van der Waals surface area contributed by atoms with Gasteiger partial charge in [0.2, 0.25) is 0 Å². The molecule has 13 heavy (non-hydrogen) atoms. The number of Topliss-reactive ketones (excluding diaryl/α,β-unsaturated/α-hetero) is 1. The SMILES string of the molecule is CC[C@H](Br)C(=O)C(=O)OC(C)(C)C. The first-order valence-electron chi connectivity index (χ1n) is 4.19. The van der Waals surface area contributed by atoms with Gasteiger partial charge in [0.1, 0.15) is 5.60 Å². The zero-order valence-electron chi connectivity index (χ0n) is 8.39. The van der Waals surface area contributed by atoms with Crippen LogP contribution in [-0.2, 0) is 14.3 Å². The highest BCUT2D eigenvalue weighted by molar-refractivity contribution is 9.10. The van der Waals surface area contributed by atoms with Gasteiger partial charge in [0, 0.05) is 0 Å². The minimum atomic E-state index is -0.767. The molecule has 0 radical (unpaired) electrons. The average molecular weight is 251 g/mol. The first kappa shape index (κ1) is 12.6. The first-order valence-corrected chi connectivity index (χ1v) is 5.10. The zero-order chi connectivity index (χ0) is 10.6. The molecule has 0 saturated heterocycles. The van der Waals surface area contributed by atoms with Gasteiger partial charge in [-0.15, -0.1) is 0 Å². The molecule has 0 N–H and O–H groups in total. The zero-order valence-corrected chi connectivity index (χ0v) is 9.97. The smallest absolute Gasteiger partial charge is 0.376 e. The van der Waals surface area contributed by atoms with E-state index >= 15 is 0 Å². The van der Waals surface area contributed by atoms with Gasteiger partial charge in [-0.25, -0.2) is 4.79 Å². The van der Waals surface area contributed by atoms with Crippen molar-refractivity contribution in [1.82, 2.24) is 0 Å². The predicted molar refractivity (Wildman–Crippen MR) is 53.9 cm³/mol. The summed E-state index contributed by atoms with van der Waals surface area (Å²) in [4.78, 5) is 22.0. The standard InChI is InChI=1S/C9H15BrO3/c1-5-6(10)7(11)8(12)13-9(2,3)4/h6H,5H2,1-4H3/t6-/m0/s1. The van der Waals surface area contributed by atoms with Crippen molar-refractivity contribution in [2.45, 2.75) is 44.5 Å². The van der Waals surface area contributed by atoms with E-state index < -0.39 is 22.2 Å². The molecule has 0 aromatic rings. The summed E-state index contributed by atoms with van der Waals surface area (Å²) >= 11 is 3.10. The molecule has 0 saturated carbocycles. The molecule has 3 nitrogen and oxygen atoms in total. The van der Waals surface area contributed by atoms with Crippen molar-refractivity contribution in [2.24, 2.45) is 0 Å². The van der Waals surface area contributed by atoms with E-state index in [4.69, 9.17) is 4.74 Å². The number of ether oxygens (including phenoxy) is 1. The number of carbonyl (C=O) groups is 2. The second-order valence-electron chi connectivity index (χ2n) is 3.74. The maximum Gasteiger partial charge on any atom is 0.376 e. The Morgan fingerprint density at radius 2 is 1.85 bits per heavy atom. The van der Waals surface area contributed by atoms with Gasteiger partial charge in [0.25, 0.3) is 5.78 Å². The van der Waals surface area contributed by atoms with Crippen molar-refractivity contribution in [3.63, 3.8) is 0 Å². The van der Waals surface area contributed by atoms with Crippen LogP contribution in [0.4, 0.5) is 0 Å². The second kappa shape index (κ2) is 4.74. The van der Waals surface area contributed by atoms with Gasteiger partial charge >= 0.3 is 5.97 Å². The minimum Gasteiger partial charge on any atom is -0.454 e. The van der Waals surface area contributed by atoms with E-state index in [1.54, 1.807) is 20.8 Å². The van der Waals surface area contributed by atoms with Crippen molar-refractivity contribution in [3.8, 4) is 0 Å². The largest absolute Gasteiger partial charge is 0.454 e. The van der Waals surface area contributed by atoms with Crippen molar-refractivity contribution < 1.29 is 14.3 Å². The highest BCUT2D eigenvalue weighted by atomic mass is 79.9. The van der Waals surface area contributed by atoms with Gasteiger partial charge in [-0.3, -0.25) is 4.79 Å². The summed E-state index contributed by atoms with van der Waals surface area (Å²) in [6.07, 6.45) is 0.581. The van der Waals surface area contributed by atoms with Crippen LogP contribution in [0.5, 0.6) is 0 Å². The van der Waals surface area contributed by atoms with E-state index in [2.05, 4.69) is 15.9 Å². The Hall–Kier alpha value is -0.380. The summed E-state index contributed by atoms with van der Waals surface area (Å²) in [6.45, 7) is 7.01. The van der Waals surface area contributed by atoms with Gasteiger partial charge < -0.3 is 4.74 Å². The lowest BCUT2D eigenvalue weighted by molar-refractivity contribution is -0.162. The monoisotopic (exact) mass is 250 g/mol. The van der Waals surface area contributed by atoms with Crippen LogP contribution in [-0.4, -0.2) is 22.2 Å². The molecule has 0 rings (SSSR count). The first-order chi connectivity index (χ1) is 5.78. The number of rotatable bonds is 3. The quantitative estimate of drug-likeness (QED) is 0.438. The van der Waals surface area contributed by atoms with Gasteiger partial charge in [-0.2, -0.15) is 0 Å².